The molecule has 0 N–H and O–H groups in total. The van der Waals surface area contributed by atoms with Crippen LogP contribution in [0, 0.1) is 23.7 Å². The molecule has 0 amide bonds. The molecule has 0 aromatic heterocycles. The van der Waals surface area contributed by atoms with Gasteiger partial charge in [-0.1, -0.05) is 0 Å². The molecule has 0 bridgehead atoms. The minimum atomic E-state index is 0.537. The Morgan fingerprint density at radius 3 is 2.76 bits per heavy atom. The van der Waals surface area contributed by atoms with E-state index in [1.54, 1.807) is 18.2 Å². The monoisotopic (exact) mass is 229 g/mol. The van der Waals surface area contributed by atoms with Crippen molar-refractivity contribution in [2.24, 2.45) is 0 Å². The first kappa shape index (κ1) is 12.9. The Balaban J connectivity index is 2.70. The smallest absolute Gasteiger partial charge is 0.162 e. The van der Waals surface area contributed by atoms with E-state index in [0.29, 0.717) is 36.7 Å². The van der Waals surface area contributed by atoms with Crippen molar-refractivity contribution in [3.8, 4) is 29.9 Å². The summed E-state index contributed by atoms with van der Waals surface area (Å²) in [5, 5.41) is 8.80. The van der Waals surface area contributed by atoms with Gasteiger partial charge in [-0.05, 0) is 25.5 Å². The van der Waals surface area contributed by atoms with Gasteiger partial charge < -0.3 is 9.47 Å². The number of ether oxygens (including phenoxy) is 2. The number of nitrogens with zero attached hydrogens (tertiary/aromatic N) is 1. The third-order valence-corrected chi connectivity index (χ3v) is 2.10. The van der Waals surface area contributed by atoms with Gasteiger partial charge in [0.15, 0.2) is 11.5 Å². The number of rotatable bonds is 6. The fraction of sp³-hybridized carbons (Fsp3) is 0.357. The predicted molar refractivity (Wildman–Crippen MR) is 65.9 cm³/mol. The topological polar surface area (TPSA) is 42.2 Å². The molecule has 0 aliphatic rings. The van der Waals surface area contributed by atoms with Crippen LogP contribution in [-0.4, -0.2) is 13.2 Å². The normalized spacial score (nSPS) is 9.12. The van der Waals surface area contributed by atoms with E-state index in [2.05, 4.69) is 12.0 Å². The molecule has 0 saturated carbocycles. The van der Waals surface area contributed by atoms with Gasteiger partial charge in [-0.3, -0.25) is 0 Å². The Labute approximate surface area is 102 Å². The van der Waals surface area contributed by atoms with Crippen molar-refractivity contribution < 1.29 is 9.47 Å². The van der Waals surface area contributed by atoms with E-state index >= 15 is 0 Å². The van der Waals surface area contributed by atoms with E-state index in [-0.39, 0.29) is 0 Å². The number of nitriles is 1. The van der Waals surface area contributed by atoms with Gasteiger partial charge in [-0.2, -0.15) is 5.26 Å². The van der Waals surface area contributed by atoms with Crippen LogP contribution in [0.15, 0.2) is 18.2 Å². The summed E-state index contributed by atoms with van der Waals surface area (Å²) in [4.78, 5) is 0. The van der Waals surface area contributed by atoms with Gasteiger partial charge in [0.1, 0.15) is 0 Å². The second-order valence-electron chi connectivity index (χ2n) is 3.36. The van der Waals surface area contributed by atoms with Gasteiger partial charge in [-0.15, -0.1) is 12.3 Å². The van der Waals surface area contributed by atoms with Crippen molar-refractivity contribution in [1.29, 1.82) is 5.26 Å². The number of hydrogen-bond acceptors (Lipinski definition) is 3. The second-order valence-corrected chi connectivity index (χ2v) is 3.36. The molecule has 17 heavy (non-hydrogen) atoms. The second kappa shape index (κ2) is 7.19. The third-order valence-electron chi connectivity index (χ3n) is 2.10. The number of unbranched alkanes of at least 4 members (excludes halogenated alkanes) is 1. The summed E-state index contributed by atoms with van der Waals surface area (Å²) < 4.78 is 11.0. The van der Waals surface area contributed by atoms with Gasteiger partial charge in [0.2, 0.25) is 0 Å². The molecule has 0 radical (unpaired) electrons. The lowest BCUT2D eigenvalue weighted by atomic mass is 10.2. The van der Waals surface area contributed by atoms with Gasteiger partial charge >= 0.3 is 0 Å². The van der Waals surface area contributed by atoms with Crippen LogP contribution in [0.5, 0.6) is 11.5 Å². The molecule has 0 aliphatic carbocycles. The van der Waals surface area contributed by atoms with Crippen molar-refractivity contribution in [1.82, 2.24) is 0 Å². The molecule has 0 heterocycles. The molecular formula is C14H15NO2. The van der Waals surface area contributed by atoms with E-state index in [0.717, 1.165) is 6.42 Å². The maximum Gasteiger partial charge on any atom is 0.162 e. The van der Waals surface area contributed by atoms with E-state index in [4.69, 9.17) is 21.2 Å². The molecule has 0 aliphatic heterocycles. The summed E-state index contributed by atoms with van der Waals surface area (Å²) in [5.74, 6) is 3.82. The molecule has 0 atom stereocenters. The lowest BCUT2D eigenvalue weighted by Crippen LogP contribution is -2.01. The molecule has 0 spiro atoms. The highest BCUT2D eigenvalue weighted by Crippen LogP contribution is 2.28. The van der Waals surface area contributed by atoms with E-state index in [1.807, 2.05) is 6.92 Å². The summed E-state index contributed by atoms with van der Waals surface area (Å²) in [5.41, 5.74) is 0.560. The van der Waals surface area contributed by atoms with Crippen molar-refractivity contribution >= 4 is 0 Å². The first-order valence-electron chi connectivity index (χ1n) is 5.55. The Morgan fingerprint density at radius 2 is 2.12 bits per heavy atom. The van der Waals surface area contributed by atoms with Crippen LogP contribution in [0.25, 0.3) is 0 Å². The summed E-state index contributed by atoms with van der Waals surface area (Å²) in [6.45, 7) is 2.98. The average Bonchev–Trinajstić information content (AvgIpc) is 2.36. The maximum atomic E-state index is 8.80. The fourth-order valence-electron chi connectivity index (χ4n) is 1.32. The van der Waals surface area contributed by atoms with Crippen molar-refractivity contribution in [2.45, 2.75) is 19.8 Å². The highest BCUT2D eigenvalue weighted by Gasteiger charge is 2.05. The largest absolute Gasteiger partial charge is 0.490 e. The van der Waals surface area contributed by atoms with Crippen LogP contribution in [0.3, 0.4) is 0 Å². The first-order chi connectivity index (χ1) is 8.31. The van der Waals surface area contributed by atoms with E-state index in [1.165, 1.54) is 0 Å². The van der Waals surface area contributed by atoms with E-state index in [9.17, 15) is 0 Å². The summed E-state index contributed by atoms with van der Waals surface area (Å²) in [7, 11) is 0. The molecule has 3 nitrogen and oxygen atoms in total. The Bertz CT molecular complexity index is 441. The SMILES string of the molecule is C#CCCCOc1ccc(C#N)cc1OCC. The zero-order chi connectivity index (χ0) is 12.5. The molecule has 1 aromatic carbocycles. The molecule has 0 saturated heterocycles. The molecule has 0 fully saturated rings. The highest BCUT2D eigenvalue weighted by molar-refractivity contribution is 5.46. The standard InChI is InChI=1S/C14H15NO2/c1-3-5-6-9-17-13-8-7-12(11-15)10-14(13)16-4-2/h1,7-8,10H,4-6,9H2,2H3. The van der Waals surface area contributed by atoms with Crippen LogP contribution < -0.4 is 9.47 Å². The summed E-state index contributed by atoms with van der Waals surface area (Å²) in [6.07, 6.45) is 6.66. The third kappa shape index (κ3) is 4.09. The maximum absolute atomic E-state index is 8.80. The molecule has 1 aromatic rings. The lowest BCUT2D eigenvalue weighted by molar-refractivity contribution is 0.274. The average molecular weight is 229 g/mol. The van der Waals surface area contributed by atoms with Crippen LogP contribution in [0.1, 0.15) is 25.3 Å². The van der Waals surface area contributed by atoms with Crippen LogP contribution in [0.2, 0.25) is 0 Å². The predicted octanol–water partition coefficient (Wildman–Crippen LogP) is 2.75. The van der Waals surface area contributed by atoms with Crippen LogP contribution >= 0.6 is 0 Å². The molecule has 1 rings (SSSR count). The van der Waals surface area contributed by atoms with Crippen LogP contribution in [-0.2, 0) is 0 Å². The van der Waals surface area contributed by atoms with Gasteiger partial charge in [-0.25, -0.2) is 0 Å². The molecule has 3 heteroatoms. The van der Waals surface area contributed by atoms with Gasteiger partial charge in [0.25, 0.3) is 0 Å². The van der Waals surface area contributed by atoms with Crippen molar-refractivity contribution in [3.05, 3.63) is 23.8 Å². The quantitative estimate of drug-likeness (QED) is 0.556. The zero-order valence-electron chi connectivity index (χ0n) is 9.90. The number of terminal acetylenes is 1. The van der Waals surface area contributed by atoms with Crippen molar-refractivity contribution in [2.75, 3.05) is 13.2 Å². The van der Waals surface area contributed by atoms with Gasteiger partial charge in [0, 0.05) is 12.5 Å². The summed E-state index contributed by atoms with van der Waals surface area (Å²) in [6, 6.07) is 7.20. The minimum absolute atomic E-state index is 0.537. The summed E-state index contributed by atoms with van der Waals surface area (Å²) >= 11 is 0. The molecule has 0 unspecified atom stereocenters. The Kier molecular flexibility index (Phi) is 5.47. The van der Waals surface area contributed by atoms with Crippen LogP contribution in [0.4, 0.5) is 0 Å². The number of hydrogen-bond donors (Lipinski definition) is 0. The van der Waals surface area contributed by atoms with Crippen molar-refractivity contribution in [3.63, 3.8) is 0 Å². The zero-order valence-corrected chi connectivity index (χ0v) is 9.90. The Morgan fingerprint density at radius 1 is 1.29 bits per heavy atom. The fourth-order valence-corrected chi connectivity index (χ4v) is 1.32. The molecular weight excluding hydrogens is 214 g/mol. The lowest BCUT2D eigenvalue weighted by Gasteiger charge is -2.11. The minimum Gasteiger partial charge on any atom is -0.490 e. The highest BCUT2D eigenvalue weighted by atomic mass is 16.5. The van der Waals surface area contributed by atoms with Gasteiger partial charge in [0.05, 0.1) is 24.8 Å². The molecule has 88 valence electrons. The van der Waals surface area contributed by atoms with E-state index < -0.39 is 0 Å². The Hall–Kier alpha value is -2.13. The first-order valence-corrected chi connectivity index (χ1v) is 5.55. The number of benzene rings is 1.